The molecule has 2 saturated heterocycles. The summed E-state index contributed by atoms with van der Waals surface area (Å²) >= 11 is 0. The molecule has 1 N–H and O–H groups in total. The lowest BCUT2D eigenvalue weighted by Crippen LogP contribution is -2.57. The van der Waals surface area contributed by atoms with Gasteiger partial charge in [-0.15, -0.1) is 0 Å². The van der Waals surface area contributed by atoms with Gasteiger partial charge in [-0.3, -0.25) is 14.5 Å². The highest BCUT2D eigenvalue weighted by Crippen LogP contribution is 2.20. The molecule has 2 aliphatic rings. The standard InChI is InChI=1S/C18H33N3O3/c1-14(2)4-8-20-11-7-19-18(23)16(20)12-17(22)21-9-5-15(6-10-21)13-24-3/h14-16H,4-13H2,1-3H3,(H,19,23). The monoisotopic (exact) mass is 339 g/mol. The lowest BCUT2D eigenvalue weighted by molar-refractivity contribution is -0.140. The van der Waals surface area contributed by atoms with E-state index in [0.717, 1.165) is 52.0 Å². The number of likely N-dealkylation sites (tertiary alicyclic amines) is 1. The van der Waals surface area contributed by atoms with Crippen molar-refractivity contribution in [3.8, 4) is 0 Å². The molecule has 0 spiro atoms. The highest BCUT2D eigenvalue weighted by Gasteiger charge is 2.33. The number of piperazine rings is 1. The summed E-state index contributed by atoms with van der Waals surface area (Å²) in [4.78, 5) is 29.0. The first-order valence-corrected chi connectivity index (χ1v) is 9.29. The van der Waals surface area contributed by atoms with E-state index in [0.29, 0.717) is 24.8 Å². The summed E-state index contributed by atoms with van der Waals surface area (Å²) in [6.45, 7) is 9.13. The molecule has 1 unspecified atom stereocenters. The molecule has 2 fully saturated rings. The number of rotatable bonds is 7. The number of hydrogen-bond acceptors (Lipinski definition) is 4. The van der Waals surface area contributed by atoms with E-state index in [9.17, 15) is 9.59 Å². The predicted octanol–water partition coefficient (Wildman–Crippen LogP) is 1.11. The van der Waals surface area contributed by atoms with Crippen molar-refractivity contribution < 1.29 is 14.3 Å². The summed E-state index contributed by atoms with van der Waals surface area (Å²) in [5.74, 6) is 1.28. The molecule has 0 saturated carbocycles. The predicted molar refractivity (Wildman–Crippen MR) is 93.6 cm³/mol. The highest BCUT2D eigenvalue weighted by molar-refractivity contribution is 5.88. The molecule has 0 radical (unpaired) electrons. The molecule has 2 amide bonds. The van der Waals surface area contributed by atoms with Gasteiger partial charge in [0, 0.05) is 39.9 Å². The minimum atomic E-state index is -0.304. The Hall–Kier alpha value is -1.14. The first-order valence-electron chi connectivity index (χ1n) is 9.29. The van der Waals surface area contributed by atoms with E-state index in [4.69, 9.17) is 4.74 Å². The lowest BCUT2D eigenvalue weighted by Gasteiger charge is -2.37. The molecule has 138 valence electrons. The van der Waals surface area contributed by atoms with E-state index in [1.165, 1.54) is 0 Å². The van der Waals surface area contributed by atoms with E-state index in [1.54, 1.807) is 7.11 Å². The highest BCUT2D eigenvalue weighted by atomic mass is 16.5. The zero-order chi connectivity index (χ0) is 17.5. The van der Waals surface area contributed by atoms with Crippen LogP contribution in [0, 0.1) is 11.8 Å². The van der Waals surface area contributed by atoms with Gasteiger partial charge in [0.25, 0.3) is 0 Å². The number of carbonyl (C=O) groups excluding carboxylic acids is 2. The number of nitrogens with zero attached hydrogens (tertiary/aromatic N) is 2. The van der Waals surface area contributed by atoms with Gasteiger partial charge in [-0.05, 0) is 37.6 Å². The molecular formula is C18H33N3O3. The molecular weight excluding hydrogens is 306 g/mol. The van der Waals surface area contributed by atoms with Gasteiger partial charge in [0.2, 0.25) is 11.8 Å². The second kappa shape index (κ2) is 9.37. The van der Waals surface area contributed by atoms with Crippen molar-refractivity contribution in [2.75, 3.05) is 46.4 Å². The SMILES string of the molecule is COCC1CCN(C(=O)CC2C(=O)NCCN2CCC(C)C)CC1. The summed E-state index contributed by atoms with van der Waals surface area (Å²) in [6.07, 6.45) is 3.35. The van der Waals surface area contributed by atoms with Crippen LogP contribution in [0.5, 0.6) is 0 Å². The Morgan fingerprint density at radius 3 is 2.62 bits per heavy atom. The second-order valence-corrected chi connectivity index (χ2v) is 7.51. The largest absolute Gasteiger partial charge is 0.384 e. The van der Waals surface area contributed by atoms with Crippen LogP contribution < -0.4 is 5.32 Å². The zero-order valence-electron chi connectivity index (χ0n) is 15.4. The summed E-state index contributed by atoms with van der Waals surface area (Å²) < 4.78 is 5.21. The normalized spacial score (nSPS) is 23.6. The fraction of sp³-hybridized carbons (Fsp3) is 0.889. The Labute approximate surface area is 145 Å². The maximum absolute atomic E-state index is 12.6. The average molecular weight is 339 g/mol. The Morgan fingerprint density at radius 2 is 2.00 bits per heavy atom. The number of hydrogen-bond donors (Lipinski definition) is 1. The van der Waals surface area contributed by atoms with Crippen LogP contribution >= 0.6 is 0 Å². The van der Waals surface area contributed by atoms with Crippen molar-refractivity contribution >= 4 is 11.8 Å². The first kappa shape index (κ1) is 19.2. The molecule has 2 heterocycles. The van der Waals surface area contributed by atoms with Crippen LogP contribution in [0.1, 0.15) is 39.5 Å². The molecule has 6 heteroatoms. The summed E-state index contributed by atoms with van der Waals surface area (Å²) in [5.41, 5.74) is 0. The maximum Gasteiger partial charge on any atom is 0.237 e. The lowest BCUT2D eigenvalue weighted by atomic mass is 9.97. The number of amides is 2. The van der Waals surface area contributed by atoms with Gasteiger partial charge in [-0.25, -0.2) is 0 Å². The molecule has 24 heavy (non-hydrogen) atoms. The minimum absolute atomic E-state index is 0.00706. The number of piperidine rings is 1. The molecule has 0 aliphatic carbocycles. The van der Waals surface area contributed by atoms with Crippen LogP contribution in [-0.4, -0.2) is 74.1 Å². The molecule has 0 aromatic carbocycles. The van der Waals surface area contributed by atoms with Gasteiger partial charge in [0.1, 0.15) is 0 Å². The number of methoxy groups -OCH3 is 1. The summed E-state index contributed by atoms with van der Waals surface area (Å²) in [6, 6.07) is -0.304. The van der Waals surface area contributed by atoms with Crippen molar-refractivity contribution in [3.05, 3.63) is 0 Å². The Kier molecular flexibility index (Phi) is 7.49. The van der Waals surface area contributed by atoms with Crippen LogP contribution in [0.25, 0.3) is 0 Å². The van der Waals surface area contributed by atoms with Crippen molar-refractivity contribution in [2.24, 2.45) is 11.8 Å². The first-order chi connectivity index (χ1) is 11.5. The molecule has 6 nitrogen and oxygen atoms in total. The smallest absolute Gasteiger partial charge is 0.237 e. The van der Waals surface area contributed by atoms with Gasteiger partial charge >= 0.3 is 0 Å². The average Bonchev–Trinajstić information content (AvgIpc) is 2.56. The Bertz CT molecular complexity index is 420. The Balaban J connectivity index is 1.86. The molecule has 0 bridgehead atoms. The van der Waals surface area contributed by atoms with Crippen molar-refractivity contribution in [1.82, 2.24) is 15.1 Å². The summed E-state index contributed by atoms with van der Waals surface area (Å²) in [7, 11) is 1.73. The van der Waals surface area contributed by atoms with Crippen molar-refractivity contribution in [2.45, 2.75) is 45.6 Å². The van der Waals surface area contributed by atoms with Crippen LogP contribution in [0.3, 0.4) is 0 Å². The third kappa shape index (κ3) is 5.45. The topological polar surface area (TPSA) is 61.9 Å². The molecule has 0 aromatic rings. The fourth-order valence-electron chi connectivity index (χ4n) is 3.55. The number of nitrogens with one attached hydrogen (secondary N) is 1. The third-order valence-electron chi connectivity index (χ3n) is 5.17. The van der Waals surface area contributed by atoms with Crippen LogP contribution in [-0.2, 0) is 14.3 Å². The van der Waals surface area contributed by atoms with Crippen molar-refractivity contribution in [3.63, 3.8) is 0 Å². The van der Waals surface area contributed by atoms with Crippen LogP contribution in [0.2, 0.25) is 0 Å². The third-order valence-corrected chi connectivity index (χ3v) is 5.17. The van der Waals surface area contributed by atoms with E-state index in [2.05, 4.69) is 24.1 Å². The molecule has 2 rings (SSSR count). The number of carbonyl (C=O) groups is 2. The van der Waals surface area contributed by atoms with Gasteiger partial charge in [-0.1, -0.05) is 13.8 Å². The van der Waals surface area contributed by atoms with Crippen LogP contribution in [0.15, 0.2) is 0 Å². The van der Waals surface area contributed by atoms with Crippen LogP contribution in [0.4, 0.5) is 0 Å². The van der Waals surface area contributed by atoms with Gasteiger partial charge in [0.15, 0.2) is 0 Å². The number of ether oxygens (including phenoxy) is 1. The second-order valence-electron chi connectivity index (χ2n) is 7.51. The molecule has 2 aliphatic heterocycles. The van der Waals surface area contributed by atoms with Gasteiger partial charge < -0.3 is 15.0 Å². The molecule has 1 atom stereocenters. The Morgan fingerprint density at radius 1 is 1.29 bits per heavy atom. The summed E-state index contributed by atoms with van der Waals surface area (Å²) in [5, 5.41) is 2.91. The fourth-order valence-corrected chi connectivity index (χ4v) is 3.55. The van der Waals surface area contributed by atoms with Gasteiger partial charge in [0.05, 0.1) is 12.5 Å². The van der Waals surface area contributed by atoms with Gasteiger partial charge in [-0.2, -0.15) is 0 Å². The zero-order valence-corrected chi connectivity index (χ0v) is 15.4. The molecule has 0 aromatic heterocycles. The van der Waals surface area contributed by atoms with E-state index >= 15 is 0 Å². The maximum atomic E-state index is 12.6. The van der Waals surface area contributed by atoms with E-state index in [-0.39, 0.29) is 17.9 Å². The van der Waals surface area contributed by atoms with Crippen molar-refractivity contribution in [1.29, 1.82) is 0 Å². The van der Waals surface area contributed by atoms with E-state index < -0.39 is 0 Å². The minimum Gasteiger partial charge on any atom is -0.384 e. The van der Waals surface area contributed by atoms with E-state index in [1.807, 2.05) is 4.90 Å². The quantitative estimate of drug-likeness (QED) is 0.755.